The summed E-state index contributed by atoms with van der Waals surface area (Å²) >= 11 is 0. The number of piperidine rings is 1. The quantitative estimate of drug-likeness (QED) is 0.792. The van der Waals surface area contributed by atoms with E-state index in [9.17, 15) is 4.79 Å². The summed E-state index contributed by atoms with van der Waals surface area (Å²) in [5, 5.41) is 2.91. The number of aryl methyl sites for hydroxylation is 1. The number of nitrogens with one attached hydrogen (secondary N) is 1. The number of hydrogen-bond acceptors (Lipinski definition) is 2. The highest BCUT2D eigenvalue weighted by atomic mass is 16.1. The van der Waals surface area contributed by atoms with Gasteiger partial charge in [-0.15, -0.1) is 0 Å². The molecule has 1 amide bonds. The summed E-state index contributed by atoms with van der Waals surface area (Å²) < 4.78 is 0. The van der Waals surface area contributed by atoms with Gasteiger partial charge in [-0.05, 0) is 31.4 Å². The van der Waals surface area contributed by atoms with E-state index in [1.54, 1.807) is 6.20 Å². The first-order valence-electron chi connectivity index (χ1n) is 5.45. The van der Waals surface area contributed by atoms with E-state index in [1.165, 1.54) is 5.56 Å². The predicted octanol–water partition coefficient (Wildman–Crippen LogP) is 1.46. The predicted molar refractivity (Wildman–Crippen MR) is 58.4 cm³/mol. The van der Waals surface area contributed by atoms with E-state index in [2.05, 4.69) is 10.3 Å². The molecule has 1 saturated heterocycles. The Hall–Kier alpha value is -1.38. The number of carbonyl (C=O) groups is 1. The lowest BCUT2D eigenvalue weighted by Gasteiger charge is -2.21. The maximum atomic E-state index is 11.6. The minimum absolute atomic E-state index is 0.118. The number of pyridine rings is 1. The van der Waals surface area contributed by atoms with Crippen LogP contribution < -0.4 is 5.32 Å². The zero-order chi connectivity index (χ0) is 10.7. The van der Waals surface area contributed by atoms with Crippen molar-refractivity contribution in [1.82, 2.24) is 10.3 Å². The van der Waals surface area contributed by atoms with Crippen molar-refractivity contribution in [3.05, 3.63) is 29.6 Å². The van der Waals surface area contributed by atoms with Gasteiger partial charge >= 0.3 is 0 Å². The number of nitrogens with zero attached hydrogens (tertiary/aromatic N) is 1. The van der Waals surface area contributed by atoms with Gasteiger partial charge in [0.25, 0.3) is 0 Å². The smallest absolute Gasteiger partial charge is 0.223 e. The van der Waals surface area contributed by atoms with Gasteiger partial charge in [-0.3, -0.25) is 9.78 Å². The summed E-state index contributed by atoms with van der Waals surface area (Å²) in [6, 6.07) is 3.98. The molecule has 0 saturated carbocycles. The molecule has 0 radical (unpaired) electrons. The van der Waals surface area contributed by atoms with Crippen molar-refractivity contribution >= 4 is 5.91 Å². The number of amides is 1. The third kappa shape index (κ3) is 2.35. The van der Waals surface area contributed by atoms with Crippen LogP contribution in [0.1, 0.15) is 24.1 Å². The molecule has 1 aliphatic heterocycles. The molecule has 3 nitrogen and oxygen atoms in total. The van der Waals surface area contributed by atoms with Crippen molar-refractivity contribution in [2.45, 2.75) is 26.2 Å². The van der Waals surface area contributed by atoms with Gasteiger partial charge in [0.15, 0.2) is 0 Å². The lowest BCUT2D eigenvalue weighted by atomic mass is 9.92. The molecule has 1 aliphatic rings. The lowest BCUT2D eigenvalue weighted by Crippen LogP contribution is -2.37. The summed E-state index contributed by atoms with van der Waals surface area (Å²) in [4.78, 5) is 15.9. The molecule has 1 atom stereocenters. The molecule has 1 aromatic heterocycles. The first-order chi connectivity index (χ1) is 7.27. The van der Waals surface area contributed by atoms with Crippen molar-refractivity contribution in [2.24, 2.45) is 5.92 Å². The minimum Gasteiger partial charge on any atom is -0.356 e. The van der Waals surface area contributed by atoms with Gasteiger partial charge in [-0.25, -0.2) is 0 Å². The molecular formula is C12H16N2O. The van der Waals surface area contributed by atoms with Crippen LogP contribution in [0.5, 0.6) is 0 Å². The van der Waals surface area contributed by atoms with Crippen LogP contribution in [-0.2, 0) is 11.2 Å². The van der Waals surface area contributed by atoms with Crippen molar-refractivity contribution in [3.8, 4) is 0 Å². The Kier molecular flexibility index (Phi) is 2.99. The van der Waals surface area contributed by atoms with Gasteiger partial charge in [0.2, 0.25) is 5.91 Å². The fourth-order valence-electron chi connectivity index (χ4n) is 2.00. The lowest BCUT2D eigenvalue weighted by molar-refractivity contribution is -0.126. The van der Waals surface area contributed by atoms with Gasteiger partial charge in [0.1, 0.15) is 0 Å². The van der Waals surface area contributed by atoms with Crippen LogP contribution in [0.2, 0.25) is 0 Å². The van der Waals surface area contributed by atoms with Crippen LogP contribution in [-0.4, -0.2) is 17.4 Å². The Bertz CT molecular complexity index is 362. The second kappa shape index (κ2) is 4.43. The summed E-state index contributed by atoms with van der Waals surface area (Å²) in [7, 11) is 0. The van der Waals surface area contributed by atoms with Gasteiger partial charge in [0.05, 0.1) is 0 Å². The Morgan fingerprint density at radius 2 is 2.47 bits per heavy atom. The molecular weight excluding hydrogens is 188 g/mol. The average molecular weight is 204 g/mol. The summed E-state index contributed by atoms with van der Waals surface area (Å²) in [5.41, 5.74) is 2.23. The molecule has 0 aromatic carbocycles. The second-order valence-corrected chi connectivity index (χ2v) is 4.10. The fraction of sp³-hybridized carbons (Fsp3) is 0.500. The second-order valence-electron chi connectivity index (χ2n) is 4.10. The first kappa shape index (κ1) is 10.1. The van der Waals surface area contributed by atoms with E-state index in [-0.39, 0.29) is 11.8 Å². The van der Waals surface area contributed by atoms with E-state index in [0.29, 0.717) is 0 Å². The van der Waals surface area contributed by atoms with Gasteiger partial charge < -0.3 is 5.32 Å². The normalized spacial score (nSPS) is 21.1. The standard InChI is InChI=1S/C12H16N2O/c1-9-4-2-6-13-11(9)8-10-5-3-7-14-12(10)15/h2,4,6,10H,3,5,7-8H2,1H3,(H,14,15). The molecule has 0 bridgehead atoms. The largest absolute Gasteiger partial charge is 0.356 e. The SMILES string of the molecule is Cc1cccnc1CC1CCCNC1=O. The van der Waals surface area contributed by atoms with E-state index >= 15 is 0 Å². The fourth-order valence-corrected chi connectivity index (χ4v) is 2.00. The minimum atomic E-state index is 0.118. The van der Waals surface area contributed by atoms with Gasteiger partial charge in [-0.2, -0.15) is 0 Å². The molecule has 15 heavy (non-hydrogen) atoms. The van der Waals surface area contributed by atoms with Crippen LogP contribution in [0.4, 0.5) is 0 Å². The number of carbonyl (C=O) groups excluding carboxylic acids is 1. The average Bonchev–Trinajstić information content (AvgIpc) is 2.24. The van der Waals surface area contributed by atoms with Crippen LogP contribution >= 0.6 is 0 Å². The molecule has 2 rings (SSSR count). The highest BCUT2D eigenvalue weighted by Crippen LogP contribution is 2.17. The monoisotopic (exact) mass is 204 g/mol. The van der Waals surface area contributed by atoms with Crippen LogP contribution in [0.3, 0.4) is 0 Å². The third-order valence-electron chi connectivity index (χ3n) is 2.96. The molecule has 0 spiro atoms. The third-order valence-corrected chi connectivity index (χ3v) is 2.96. The Balaban J connectivity index is 2.08. The Morgan fingerprint density at radius 1 is 1.60 bits per heavy atom. The van der Waals surface area contributed by atoms with Crippen LogP contribution in [0, 0.1) is 12.8 Å². The number of aromatic nitrogens is 1. The van der Waals surface area contributed by atoms with E-state index < -0.39 is 0 Å². The molecule has 80 valence electrons. The Labute approximate surface area is 89.9 Å². The summed E-state index contributed by atoms with van der Waals surface area (Å²) in [5.74, 6) is 0.304. The molecule has 3 heteroatoms. The van der Waals surface area contributed by atoms with E-state index in [0.717, 1.165) is 31.5 Å². The highest BCUT2D eigenvalue weighted by Gasteiger charge is 2.22. The summed E-state index contributed by atoms with van der Waals surface area (Å²) in [6.45, 7) is 2.87. The Morgan fingerprint density at radius 3 is 3.20 bits per heavy atom. The zero-order valence-corrected chi connectivity index (χ0v) is 8.99. The van der Waals surface area contributed by atoms with E-state index in [1.807, 2.05) is 19.1 Å². The number of hydrogen-bond donors (Lipinski definition) is 1. The molecule has 0 aliphatic carbocycles. The maximum absolute atomic E-state index is 11.6. The van der Waals surface area contributed by atoms with Crippen molar-refractivity contribution < 1.29 is 4.79 Å². The number of rotatable bonds is 2. The van der Waals surface area contributed by atoms with Crippen molar-refractivity contribution in [1.29, 1.82) is 0 Å². The highest BCUT2D eigenvalue weighted by molar-refractivity contribution is 5.79. The van der Waals surface area contributed by atoms with E-state index in [4.69, 9.17) is 0 Å². The van der Waals surface area contributed by atoms with Crippen molar-refractivity contribution in [2.75, 3.05) is 6.54 Å². The van der Waals surface area contributed by atoms with Gasteiger partial charge in [0, 0.05) is 30.8 Å². The van der Waals surface area contributed by atoms with Crippen LogP contribution in [0.15, 0.2) is 18.3 Å². The maximum Gasteiger partial charge on any atom is 0.223 e. The topological polar surface area (TPSA) is 42.0 Å². The molecule has 1 aromatic rings. The molecule has 1 unspecified atom stereocenters. The first-order valence-corrected chi connectivity index (χ1v) is 5.45. The molecule has 1 fully saturated rings. The molecule has 2 heterocycles. The van der Waals surface area contributed by atoms with Gasteiger partial charge in [-0.1, -0.05) is 6.07 Å². The van der Waals surface area contributed by atoms with Crippen LogP contribution in [0.25, 0.3) is 0 Å². The van der Waals surface area contributed by atoms with Crippen molar-refractivity contribution in [3.63, 3.8) is 0 Å². The summed E-state index contributed by atoms with van der Waals surface area (Å²) in [6.07, 6.45) is 4.64. The molecule has 1 N–H and O–H groups in total. The zero-order valence-electron chi connectivity index (χ0n) is 8.99.